The molecule has 13 heavy (non-hydrogen) atoms. The highest BCUT2D eigenvalue weighted by Gasteiger charge is 2.33. The standard InChI is InChI=1S/C12H25N/c1-4-7-11(5-2)12(3)8-6-9-13-10-12/h11,13H,4-10H2,1-3H3. The van der Waals surface area contributed by atoms with Crippen molar-refractivity contribution in [1.82, 2.24) is 5.32 Å². The molecule has 0 aliphatic carbocycles. The summed E-state index contributed by atoms with van der Waals surface area (Å²) < 4.78 is 0. The predicted octanol–water partition coefficient (Wildman–Crippen LogP) is 3.20. The normalized spacial score (nSPS) is 31.6. The molecule has 0 bridgehead atoms. The van der Waals surface area contributed by atoms with Gasteiger partial charge in [-0.2, -0.15) is 0 Å². The van der Waals surface area contributed by atoms with Crippen LogP contribution in [0.3, 0.4) is 0 Å². The maximum Gasteiger partial charge on any atom is 0.000782 e. The van der Waals surface area contributed by atoms with Gasteiger partial charge in [0, 0.05) is 6.54 Å². The lowest BCUT2D eigenvalue weighted by Crippen LogP contribution is -2.42. The van der Waals surface area contributed by atoms with E-state index in [1.165, 1.54) is 45.2 Å². The van der Waals surface area contributed by atoms with E-state index in [0.717, 1.165) is 5.92 Å². The van der Waals surface area contributed by atoms with Crippen LogP contribution in [-0.2, 0) is 0 Å². The Morgan fingerprint density at radius 2 is 2.15 bits per heavy atom. The maximum absolute atomic E-state index is 3.55. The first-order valence-corrected chi connectivity index (χ1v) is 5.93. The maximum atomic E-state index is 3.55. The Hall–Kier alpha value is -0.0400. The van der Waals surface area contributed by atoms with Crippen molar-refractivity contribution in [2.75, 3.05) is 13.1 Å². The summed E-state index contributed by atoms with van der Waals surface area (Å²) in [6.07, 6.45) is 6.91. The molecule has 1 heteroatoms. The van der Waals surface area contributed by atoms with Gasteiger partial charge >= 0.3 is 0 Å². The first-order chi connectivity index (χ1) is 6.23. The summed E-state index contributed by atoms with van der Waals surface area (Å²) in [5.74, 6) is 0.935. The molecule has 78 valence electrons. The van der Waals surface area contributed by atoms with Crippen molar-refractivity contribution in [2.24, 2.45) is 11.3 Å². The van der Waals surface area contributed by atoms with Gasteiger partial charge in [-0.15, -0.1) is 0 Å². The Labute approximate surface area is 83.3 Å². The van der Waals surface area contributed by atoms with Gasteiger partial charge in [-0.3, -0.25) is 0 Å². The lowest BCUT2D eigenvalue weighted by atomic mass is 9.69. The van der Waals surface area contributed by atoms with Gasteiger partial charge in [0.1, 0.15) is 0 Å². The van der Waals surface area contributed by atoms with E-state index in [2.05, 4.69) is 26.1 Å². The van der Waals surface area contributed by atoms with Crippen molar-refractivity contribution in [3.05, 3.63) is 0 Å². The van der Waals surface area contributed by atoms with Gasteiger partial charge in [-0.05, 0) is 30.7 Å². The minimum Gasteiger partial charge on any atom is -0.316 e. The van der Waals surface area contributed by atoms with Crippen molar-refractivity contribution in [2.45, 2.75) is 52.9 Å². The van der Waals surface area contributed by atoms with Crippen LogP contribution < -0.4 is 5.32 Å². The van der Waals surface area contributed by atoms with Crippen molar-refractivity contribution < 1.29 is 0 Å². The molecule has 1 saturated heterocycles. The topological polar surface area (TPSA) is 12.0 Å². The van der Waals surface area contributed by atoms with Crippen molar-refractivity contribution in [1.29, 1.82) is 0 Å². The summed E-state index contributed by atoms with van der Waals surface area (Å²) in [6.45, 7) is 9.61. The van der Waals surface area contributed by atoms with Gasteiger partial charge in [0.25, 0.3) is 0 Å². The molecular formula is C12H25N. The smallest absolute Gasteiger partial charge is 0.000782 e. The van der Waals surface area contributed by atoms with Crippen LogP contribution in [0.4, 0.5) is 0 Å². The van der Waals surface area contributed by atoms with Crippen molar-refractivity contribution in [3.8, 4) is 0 Å². The van der Waals surface area contributed by atoms with Crippen LogP contribution in [0.1, 0.15) is 52.9 Å². The van der Waals surface area contributed by atoms with Gasteiger partial charge < -0.3 is 5.32 Å². The number of nitrogens with one attached hydrogen (secondary N) is 1. The molecule has 1 fully saturated rings. The molecule has 0 amide bonds. The number of piperidine rings is 1. The molecule has 0 aromatic carbocycles. The Morgan fingerprint density at radius 1 is 1.38 bits per heavy atom. The molecule has 1 N–H and O–H groups in total. The fourth-order valence-electron chi connectivity index (χ4n) is 2.82. The second kappa shape index (κ2) is 4.99. The van der Waals surface area contributed by atoms with Gasteiger partial charge in [0.15, 0.2) is 0 Å². The number of hydrogen-bond donors (Lipinski definition) is 1. The Morgan fingerprint density at radius 3 is 2.62 bits per heavy atom. The summed E-state index contributed by atoms with van der Waals surface area (Å²) in [5, 5.41) is 3.55. The van der Waals surface area contributed by atoms with Gasteiger partial charge in [-0.1, -0.05) is 40.0 Å². The molecule has 1 aliphatic rings. The monoisotopic (exact) mass is 183 g/mol. The second-order valence-corrected chi connectivity index (χ2v) is 4.83. The first kappa shape index (κ1) is 11.0. The first-order valence-electron chi connectivity index (χ1n) is 5.93. The minimum absolute atomic E-state index is 0.586. The van der Waals surface area contributed by atoms with Crippen LogP contribution >= 0.6 is 0 Å². The fraction of sp³-hybridized carbons (Fsp3) is 1.00. The van der Waals surface area contributed by atoms with E-state index in [0.29, 0.717) is 5.41 Å². The Kier molecular flexibility index (Phi) is 4.24. The van der Waals surface area contributed by atoms with E-state index < -0.39 is 0 Å². The summed E-state index contributed by atoms with van der Waals surface area (Å²) in [6, 6.07) is 0. The Bertz CT molecular complexity index is 136. The third-order valence-electron chi connectivity index (χ3n) is 3.75. The average molecular weight is 183 g/mol. The average Bonchev–Trinajstić information content (AvgIpc) is 2.15. The van der Waals surface area contributed by atoms with Crippen LogP contribution in [-0.4, -0.2) is 13.1 Å². The fourth-order valence-corrected chi connectivity index (χ4v) is 2.82. The Balaban J connectivity index is 2.52. The third kappa shape index (κ3) is 2.70. The molecule has 1 heterocycles. The van der Waals surface area contributed by atoms with E-state index >= 15 is 0 Å². The number of hydrogen-bond acceptors (Lipinski definition) is 1. The molecule has 0 saturated carbocycles. The molecule has 0 aromatic heterocycles. The molecule has 0 aromatic rings. The molecular weight excluding hydrogens is 158 g/mol. The van der Waals surface area contributed by atoms with Crippen LogP contribution in [0, 0.1) is 11.3 Å². The highest BCUT2D eigenvalue weighted by molar-refractivity contribution is 4.86. The van der Waals surface area contributed by atoms with E-state index in [4.69, 9.17) is 0 Å². The van der Waals surface area contributed by atoms with Crippen LogP contribution in [0.15, 0.2) is 0 Å². The molecule has 1 aliphatic heterocycles. The van der Waals surface area contributed by atoms with E-state index in [-0.39, 0.29) is 0 Å². The molecule has 1 rings (SSSR count). The SMILES string of the molecule is CCCC(CC)C1(C)CCCNC1. The van der Waals surface area contributed by atoms with Crippen molar-refractivity contribution in [3.63, 3.8) is 0 Å². The quantitative estimate of drug-likeness (QED) is 0.705. The zero-order chi connectivity index (χ0) is 9.73. The summed E-state index contributed by atoms with van der Waals surface area (Å²) in [4.78, 5) is 0. The second-order valence-electron chi connectivity index (χ2n) is 4.83. The third-order valence-corrected chi connectivity index (χ3v) is 3.75. The summed E-state index contributed by atoms with van der Waals surface area (Å²) in [7, 11) is 0. The number of rotatable bonds is 4. The van der Waals surface area contributed by atoms with Crippen molar-refractivity contribution >= 4 is 0 Å². The molecule has 2 atom stereocenters. The predicted molar refractivity (Wildman–Crippen MR) is 58.9 cm³/mol. The summed E-state index contributed by atoms with van der Waals surface area (Å²) >= 11 is 0. The van der Waals surface area contributed by atoms with E-state index in [1.54, 1.807) is 0 Å². The van der Waals surface area contributed by atoms with Gasteiger partial charge in [0.2, 0.25) is 0 Å². The van der Waals surface area contributed by atoms with E-state index in [9.17, 15) is 0 Å². The largest absolute Gasteiger partial charge is 0.316 e. The lowest BCUT2D eigenvalue weighted by molar-refractivity contribution is 0.122. The molecule has 0 spiro atoms. The lowest BCUT2D eigenvalue weighted by Gasteiger charge is -2.41. The molecule has 2 unspecified atom stereocenters. The van der Waals surface area contributed by atoms with Crippen LogP contribution in [0.2, 0.25) is 0 Å². The minimum atomic E-state index is 0.586. The highest BCUT2D eigenvalue weighted by Crippen LogP contribution is 2.38. The summed E-state index contributed by atoms with van der Waals surface area (Å²) in [5.41, 5.74) is 0.586. The van der Waals surface area contributed by atoms with E-state index in [1.807, 2.05) is 0 Å². The zero-order valence-electron chi connectivity index (χ0n) is 9.53. The molecule has 0 radical (unpaired) electrons. The zero-order valence-corrected chi connectivity index (χ0v) is 9.53. The van der Waals surface area contributed by atoms with Crippen LogP contribution in [0.5, 0.6) is 0 Å². The van der Waals surface area contributed by atoms with Gasteiger partial charge in [0.05, 0.1) is 0 Å². The van der Waals surface area contributed by atoms with Crippen LogP contribution in [0.25, 0.3) is 0 Å². The molecule has 1 nitrogen and oxygen atoms in total. The van der Waals surface area contributed by atoms with Gasteiger partial charge in [-0.25, -0.2) is 0 Å². The highest BCUT2D eigenvalue weighted by atomic mass is 14.9.